The van der Waals surface area contributed by atoms with E-state index in [-0.39, 0.29) is 6.04 Å². The fourth-order valence-corrected chi connectivity index (χ4v) is 0.408. The van der Waals surface area contributed by atoms with Crippen molar-refractivity contribution < 1.29 is 13.6 Å². The molecule has 10 heavy (non-hydrogen) atoms. The SMILES string of the molecule is CC(C)N(C)C(=O)C(F)F. The lowest BCUT2D eigenvalue weighted by atomic mass is 10.3. The third kappa shape index (κ3) is 2.29. The van der Waals surface area contributed by atoms with E-state index < -0.39 is 12.3 Å². The van der Waals surface area contributed by atoms with Crippen LogP contribution in [0.15, 0.2) is 0 Å². The molecule has 0 aromatic rings. The zero-order valence-corrected chi connectivity index (χ0v) is 6.27. The zero-order chi connectivity index (χ0) is 8.31. The van der Waals surface area contributed by atoms with Crippen molar-refractivity contribution in [1.29, 1.82) is 0 Å². The maximum Gasteiger partial charge on any atom is 0.315 e. The van der Waals surface area contributed by atoms with Gasteiger partial charge in [0, 0.05) is 13.1 Å². The third-order valence-corrected chi connectivity index (χ3v) is 1.31. The summed E-state index contributed by atoms with van der Waals surface area (Å²) in [5, 5.41) is 0. The van der Waals surface area contributed by atoms with Crippen molar-refractivity contribution in [2.75, 3.05) is 7.05 Å². The molecule has 0 heterocycles. The van der Waals surface area contributed by atoms with Crippen LogP contribution in [0.4, 0.5) is 8.78 Å². The van der Waals surface area contributed by atoms with E-state index in [0.717, 1.165) is 4.90 Å². The molecule has 0 aromatic heterocycles. The number of carbonyl (C=O) groups is 1. The first-order valence-electron chi connectivity index (χ1n) is 3.01. The summed E-state index contributed by atoms with van der Waals surface area (Å²) in [7, 11) is 1.36. The molecule has 0 aromatic carbocycles. The number of nitrogens with zero attached hydrogens (tertiary/aromatic N) is 1. The van der Waals surface area contributed by atoms with E-state index in [9.17, 15) is 13.6 Å². The first-order valence-corrected chi connectivity index (χ1v) is 3.01. The van der Waals surface area contributed by atoms with Gasteiger partial charge >= 0.3 is 6.43 Å². The summed E-state index contributed by atoms with van der Waals surface area (Å²) < 4.78 is 23.3. The van der Waals surface area contributed by atoms with Crippen LogP contribution in [0.3, 0.4) is 0 Å². The molecule has 0 saturated heterocycles. The van der Waals surface area contributed by atoms with Crippen molar-refractivity contribution in [1.82, 2.24) is 4.90 Å². The molecule has 0 spiro atoms. The van der Waals surface area contributed by atoms with E-state index in [1.165, 1.54) is 7.05 Å². The smallest absolute Gasteiger partial charge is 0.315 e. The van der Waals surface area contributed by atoms with Crippen molar-refractivity contribution in [2.24, 2.45) is 0 Å². The lowest BCUT2D eigenvalue weighted by Crippen LogP contribution is -2.37. The summed E-state index contributed by atoms with van der Waals surface area (Å²) in [5.74, 6) is -1.12. The van der Waals surface area contributed by atoms with Crippen LogP contribution in [0.1, 0.15) is 13.8 Å². The number of rotatable bonds is 2. The zero-order valence-electron chi connectivity index (χ0n) is 6.27. The molecule has 0 fully saturated rings. The molecule has 0 atom stereocenters. The molecule has 2 nitrogen and oxygen atoms in total. The third-order valence-electron chi connectivity index (χ3n) is 1.31. The monoisotopic (exact) mass is 151 g/mol. The fourth-order valence-electron chi connectivity index (χ4n) is 0.408. The van der Waals surface area contributed by atoms with Gasteiger partial charge in [0.1, 0.15) is 0 Å². The molecule has 0 aliphatic rings. The molecule has 0 aliphatic heterocycles. The topological polar surface area (TPSA) is 20.3 Å². The molecular weight excluding hydrogens is 140 g/mol. The Hall–Kier alpha value is -0.670. The molecule has 0 aliphatic carbocycles. The van der Waals surface area contributed by atoms with Crippen molar-refractivity contribution in [3.63, 3.8) is 0 Å². The Morgan fingerprint density at radius 1 is 1.40 bits per heavy atom. The maximum atomic E-state index is 11.6. The Kier molecular flexibility index (Phi) is 3.25. The van der Waals surface area contributed by atoms with Crippen molar-refractivity contribution in [3.8, 4) is 0 Å². The first kappa shape index (κ1) is 9.33. The number of amides is 1. The van der Waals surface area contributed by atoms with Gasteiger partial charge in [-0.25, -0.2) is 0 Å². The van der Waals surface area contributed by atoms with E-state index in [4.69, 9.17) is 0 Å². The van der Waals surface area contributed by atoms with Crippen LogP contribution >= 0.6 is 0 Å². The standard InChI is InChI=1S/C6H11F2NO/c1-4(2)9(3)6(10)5(7)8/h4-5H,1-3H3. The summed E-state index contributed by atoms with van der Waals surface area (Å²) in [4.78, 5) is 11.5. The van der Waals surface area contributed by atoms with Crippen molar-refractivity contribution in [2.45, 2.75) is 26.3 Å². The van der Waals surface area contributed by atoms with Gasteiger partial charge in [-0.3, -0.25) is 4.79 Å². The van der Waals surface area contributed by atoms with Crippen LogP contribution in [0.2, 0.25) is 0 Å². The second-order valence-corrected chi connectivity index (χ2v) is 2.34. The minimum atomic E-state index is -2.88. The van der Waals surface area contributed by atoms with Gasteiger partial charge in [0.25, 0.3) is 5.91 Å². The van der Waals surface area contributed by atoms with E-state index in [0.29, 0.717) is 0 Å². The average molecular weight is 151 g/mol. The molecule has 60 valence electrons. The van der Waals surface area contributed by atoms with Gasteiger partial charge in [0.05, 0.1) is 0 Å². The summed E-state index contributed by atoms with van der Waals surface area (Å²) in [6.07, 6.45) is -2.88. The lowest BCUT2D eigenvalue weighted by molar-refractivity contribution is -0.142. The Labute approximate surface area is 58.8 Å². The maximum absolute atomic E-state index is 11.6. The highest BCUT2D eigenvalue weighted by atomic mass is 19.3. The summed E-state index contributed by atoms with van der Waals surface area (Å²) in [6, 6.07) is -0.165. The summed E-state index contributed by atoms with van der Waals surface area (Å²) in [6.45, 7) is 3.36. The van der Waals surface area contributed by atoms with Crippen LogP contribution in [0, 0.1) is 0 Å². The van der Waals surface area contributed by atoms with Gasteiger partial charge in [-0.2, -0.15) is 8.78 Å². The lowest BCUT2D eigenvalue weighted by Gasteiger charge is -2.20. The highest BCUT2D eigenvalue weighted by Crippen LogP contribution is 2.01. The van der Waals surface area contributed by atoms with E-state index in [2.05, 4.69) is 0 Å². The normalized spacial score (nSPS) is 10.7. The van der Waals surface area contributed by atoms with Gasteiger partial charge in [0.15, 0.2) is 0 Å². The minimum absolute atomic E-state index is 0.165. The van der Waals surface area contributed by atoms with Gasteiger partial charge < -0.3 is 4.90 Å². The number of halogens is 2. The predicted octanol–water partition coefficient (Wildman–Crippen LogP) is 1.12. The molecule has 0 bridgehead atoms. The summed E-state index contributed by atoms with van der Waals surface area (Å²) in [5.41, 5.74) is 0. The highest BCUT2D eigenvalue weighted by Gasteiger charge is 2.21. The van der Waals surface area contributed by atoms with Crippen LogP contribution in [-0.2, 0) is 4.79 Å². The van der Waals surface area contributed by atoms with Gasteiger partial charge in [-0.15, -0.1) is 0 Å². The summed E-state index contributed by atoms with van der Waals surface area (Å²) >= 11 is 0. The molecule has 1 amide bonds. The number of hydrogen-bond acceptors (Lipinski definition) is 1. The molecule has 0 saturated carbocycles. The minimum Gasteiger partial charge on any atom is -0.338 e. The molecule has 0 N–H and O–H groups in total. The molecule has 0 radical (unpaired) electrons. The van der Waals surface area contributed by atoms with Crippen LogP contribution in [-0.4, -0.2) is 30.3 Å². The Morgan fingerprint density at radius 3 is 1.90 bits per heavy atom. The predicted molar refractivity (Wildman–Crippen MR) is 33.9 cm³/mol. The van der Waals surface area contributed by atoms with E-state index in [1.807, 2.05) is 0 Å². The van der Waals surface area contributed by atoms with Gasteiger partial charge in [-0.1, -0.05) is 0 Å². The Morgan fingerprint density at radius 2 is 1.80 bits per heavy atom. The largest absolute Gasteiger partial charge is 0.338 e. The van der Waals surface area contributed by atoms with Gasteiger partial charge in [0.2, 0.25) is 0 Å². The van der Waals surface area contributed by atoms with Crippen LogP contribution in [0.5, 0.6) is 0 Å². The number of carbonyl (C=O) groups excluding carboxylic acids is 1. The second kappa shape index (κ2) is 3.49. The van der Waals surface area contributed by atoms with Crippen molar-refractivity contribution in [3.05, 3.63) is 0 Å². The Balaban J connectivity index is 3.95. The van der Waals surface area contributed by atoms with Crippen molar-refractivity contribution >= 4 is 5.91 Å². The molecular formula is C6H11F2NO. The number of hydrogen-bond donors (Lipinski definition) is 0. The molecule has 0 rings (SSSR count). The quantitative estimate of drug-likeness (QED) is 0.579. The fraction of sp³-hybridized carbons (Fsp3) is 0.833. The first-order chi connectivity index (χ1) is 4.46. The highest BCUT2D eigenvalue weighted by molar-refractivity contribution is 5.79. The van der Waals surface area contributed by atoms with E-state index in [1.54, 1.807) is 13.8 Å². The van der Waals surface area contributed by atoms with Crippen LogP contribution in [0.25, 0.3) is 0 Å². The number of alkyl halides is 2. The average Bonchev–Trinajstić information content (AvgIpc) is 1.84. The molecule has 0 unspecified atom stereocenters. The molecule has 4 heteroatoms. The van der Waals surface area contributed by atoms with E-state index >= 15 is 0 Å². The second-order valence-electron chi connectivity index (χ2n) is 2.34. The van der Waals surface area contributed by atoms with Crippen LogP contribution < -0.4 is 0 Å². The Bertz CT molecular complexity index is 125. The van der Waals surface area contributed by atoms with Gasteiger partial charge in [-0.05, 0) is 13.8 Å².